The molecule has 0 unspecified atom stereocenters. The molecule has 1 aliphatic heterocycles. The molecule has 2 aromatic carbocycles. The number of benzene rings is 2. The normalized spacial score (nSPS) is 20.0. The minimum atomic E-state index is -0.165. The molecule has 1 saturated heterocycles. The number of hydrogen-bond acceptors (Lipinski definition) is 5. The number of phenols is 1. The number of rotatable bonds is 2. The highest BCUT2D eigenvalue weighted by molar-refractivity contribution is 6.08. The number of H-pyrrole nitrogens is 1. The van der Waals surface area contributed by atoms with E-state index in [1.54, 1.807) is 18.5 Å². The first-order valence-electron chi connectivity index (χ1n) is 10.6. The number of aromatic hydroxyl groups is 1. The molecule has 2 fully saturated rings. The minimum absolute atomic E-state index is 0.0417. The van der Waals surface area contributed by atoms with Gasteiger partial charge in [0.15, 0.2) is 0 Å². The number of nitrogens with zero attached hydrogens (tertiary/aromatic N) is 4. The first-order chi connectivity index (χ1) is 15.1. The highest BCUT2D eigenvalue weighted by atomic mass is 16.3. The van der Waals surface area contributed by atoms with Gasteiger partial charge in [0, 0.05) is 30.9 Å². The number of hydrogen-bond donors (Lipinski definition) is 2. The predicted octanol–water partition coefficient (Wildman–Crippen LogP) is 3.70. The van der Waals surface area contributed by atoms with Gasteiger partial charge in [-0.15, -0.1) is 0 Å². The Morgan fingerprint density at radius 2 is 2.03 bits per heavy atom. The second-order valence-electron chi connectivity index (χ2n) is 8.78. The highest BCUT2D eigenvalue weighted by Gasteiger charge is 2.56. The lowest BCUT2D eigenvalue weighted by atomic mass is 9.98. The fourth-order valence-corrected chi connectivity index (χ4v) is 5.18. The third kappa shape index (κ3) is 2.76. The molecule has 7 heteroatoms. The first kappa shape index (κ1) is 18.2. The Balaban J connectivity index is 1.37. The topological polar surface area (TPSA) is 85.4 Å². The van der Waals surface area contributed by atoms with E-state index in [1.165, 1.54) is 0 Å². The van der Waals surface area contributed by atoms with Gasteiger partial charge in [-0.25, -0.2) is 9.97 Å². The molecule has 31 heavy (non-hydrogen) atoms. The van der Waals surface area contributed by atoms with Crippen molar-refractivity contribution in [3.8, 4) is 5.75 Å². The zero-order valence-corrected chi connectivity index (χ0v) is 17.2. The molecule has 1 amide bonds. The maximum Gasteiger partial charge on any atom is 0.255 e. The molecular weight excluding hydrogens is 390 g/mol. The van der Waals surface area contributed by atoms with Gasteiger partial charge >= 0.3 is 0 Å². The van der Waals surface area contributed by atoms with Crippen LogP contribution in [0.4, 0.5) is 5.82 Å². The average molecular weight is 413 g/mol. The number of piperazine rings is 1. The molecule has 4 aromatic rings. The van der Waals surface area contributed by atoms with E-state index >= 15 is 0 Å². The Kier molecular flexibility index (Phi) is 3.78. The van der Waals surface area contributed by atoms with Crippen LogP contribution in [0.5, 0.6) is 5.75 Å². The molecule has 3 heterocycles. The summed E-state index contributed by atoms with van der Waals surface area (Å²) < 4.78 is 0. The summed E-state index contributed by atoms with van der Waals surface area (Å²) in [5.74, 6) is 1.20. The number of nitrogens with one attached hydrogen (secondary N) is 1. The fourth-order valence-electron chi connectivity index (χ4n) is 5.18. The molecule has 2 aliphatic rings. The highest BCUT2D eigenvalue weighted by Crippen LogP contribution is 2.48. The largest absolute Gasteiger partial charge is 0.508 e. The number of phenolic OH excluding ortho intramolecular Hbond substituents is 1. The van der Waals surface area contributed by atoms with Crippen molar-refractivity contribution in [2.24, 2.45) is 0 Å². The molecule has 2 aromatic heterocycles. The number of anilines is 1. The van der Waals surface area contributed by atoms with Crippen LogP contribution in [-0.2, 0) is 0 Å². The van der Waals surface area contributed by atoms with Crippen molar-refractivity contribution >= 4 is 33.5 Å². The number of carbonyl (C=O) groups is 1. The molecule has 2 N–H and O–H groups in total. The lowest BCUT2D eigenvalue weighted by molar-refractivity contribution is 0.0508. The van der Waals surface area contributed by atoms with Gasteiger partial charge < -0.3 is 19.9 Å². The van der Waals surface area contributed by atoms with E-state index in [0.717, 1.165) is 53.6 Å². The number of aromatic amines is 1. The monoisotopic (exact) mass is 413 g/mol. The van der Waals surface area contributed by atoms with Gasteiger partial charge in [0.1, 0.15) is 23.5 Å². The van der Waals surface area contributed by atoms with Crippen LogP contribution in [0, 0.1) is 0 Å². The summed E-state index contributed by atoms with van der Waals surface area (Å²) >= 11 is 0. The van der Waals surface area contributed by atoms with Gasteiger partial charge in [-0.2, -0.15) is 0 Å². The summed E-state index contributed by atoms with van der Waals surface area (Å²) in [4.78, 5) is 30.2. The summed E-state index contributed by atoms with van der Waals surface area (Å²) in [6.07, 6.45) is 5.47. The first-order valence-corrected chi connectivity index (χ1v) is 10.6. The molecule has 6 rings (SSSR count). The van der Waals surface area contributed by atoms with Gasteiger partial charge in [-0.05, 0) is 60.9 Å². The fraction of sp³-hybridized carbons (Fsp3) is 0.292. The number of carbonyl (C=O) groups excluding carboxylic acids is 1. The molecule has 0 bridgehead atoms. The predicted molar refractivity (Wildman–Crippen MR) is 119 cm³/mol. The van der Waals surface area contributed by atoms with Gasteiger partial charge in [0.05, 0.1) is 10.9 Å². The maximum atomic E-state index is 13.8. The summed E-state index contributed by atoms with van der Waals surface area (Å²) in [6, 6.07) is 12.9. The van der Waals surface area contributed by atoms with Gasteiger partial charge in [-0.3, -0.25) is 4.79 Å². The molecule has 1 aliphatic carbocycles. The standard InChI is InChI=1S/C24H23N5O2/c1-15-12-28(22-20-7-10-25-21(20)26-14-27-22)13-24(8-9-24)29(15)23(31)19-4-2-3-16-11-17(30)5-6-18(16)19/h2-7,10-11,14-15,30H,8-9,12-13H2,1H3,(H,25,26,27)/t15-/m1/s1. The maximum absolute atomic E-state index is 13.8. The van der Waals surface area contributed by atoms with Crippen molar-refractivity contribution in [3.05, 3.63) is 60.6 Å². The Bertz CT molecular complexity index is 1330. The van der Waals surface area contributed by atoms with Crippen LogP contribution < -0.4 is 4.90 Å². The molecular formula is C24H23N5O2. The quantitative estimate of drug-likeness (QED) is 0.523. The zero-order valence-electron chi connectivity index (χ0n) is 17.2. The molecule has 0 radical (unpaired) electrons. The van der Waals surface area contributed by atoms with Crippen LogP contribution >= 0.6 is 0 Å². The second-order valence-corrected chi connectivity index (χ2v) is 8.78. The van der Waals surface area contributed by atoms with E-state index in [4.69, 9.17) is 0 Å². The van der Waals surface area contributed by atoms with E-state index in [-0.39, 0.29) is 23.2 Å². The van der Waals surface area contributed by atoms with Gasteiger partial charge in [0.2, 0.25) is 0 Å². The lowest BCUT2D eigenvalue weighted by Gasteiger charge is -2.47. The van der Waals surface area contributed by atoms with Crippen molar-refractivity contribution in [2.75, 3.05) is 18.0 Å². The summed E-state index contributed by atoms with van der Waals surface area (Å²) in [5, 5.41) is 12.6. The van der Waals surface area contributed by atoms with Crippen LogP contribution in [0.2, 0.25) is 0 Å². The Labute approximate surface area is 179 Å². The van der Waals surface area contributed by atoms with Crippen molar-refractivity contribution in [3.63, 3.8) is 0 Å². The molecule has 156 valence electrons. The van der Waals surface area contributed by atoms with E-state index in [9.17, 15) is 9.90 Å². The van der Waals surface area contributed by atoms with Crippen molar-refractivity contribution in [2.45, 2.75) is 31.3 Å². The van der Waals surface area contributed by atoms with Crippen LogP contribution in [-0.4, -0.2) is 55.5 Å². The van der Waals surface area contributed by atoms with Crippen molar-refractivity contribution in [1.82, 2.24) is 19.9 Å². The molecule has 1 spiro atoms. The van der Waals surface area contributed by atoms with E-state index < -0.39 is 0 Å². The van der Waals surface area contributed by atoms with Gasteiger partial charge in [0.25, 0.3) is 5.91 Å². The van der Waals surface area contributed by atoms with Crippen LogP contribution in [0.1, 0.15) is 30.1 Å². The van der Waals surface area contributed by atoms with E-state index in [1.807, 2.05) is 36.5 Å². The number of fused-ring (bicyclic) bond motifs is 2. The van der Waals surface area contributed by atoms with Gasteiger partial charge in [-0.1, -0.05) is 12.1 Å². The van der Waals surface area contributed by atoms with Crippen LogP contribution in [0.3, 0.4) is 0 Å². The zero-order chi connectivity index (χ0) is 21.2. The summed E-state index contributed by atoms with van der Waals surface area (Å²) in [6.45, 7) is 3.61. The van der Waals surface area contributed by atoms with E-state index in [0.29, 0.717) is 5.56 Å². The molecule has 1 saturated carbocycles. The summed E-state index contributed by atoms with van der Waals surface area (Å²) in [5.41, 5.74) is 1.36. The third-order valence-corrected chi connectivity index (χ3v) is 6.69. The Hall–Kier alpha value is -3.61. The third-order valence-electron chi connectivity index (χ3n) is 6.69. The van der Waals surface area contributed by atoms with Crippen LogP contribution in [0.25, 0.3) is 21.8 Å². The smallest absolute Gasteiger partial charge is 0.255 e. The second kappa shape index (κ2) is 6.44. The number of aromatic nitrogens is 3. The average Bonchev–Trinajstić information content (AvgIpc) is 3.33. The molecule has 1 atom stereocenters. The lowest BCUT2D eigenvalue weighted by Crippen LogP contribution is -2.61. The Morgan fingerprint density at radius 1 is 1.16 bits per heavy atom. The minimum Gasteiger partial charge on any atom is -0.508 e. The number of amides is 1. The van der Waals surface area contributed by atoms with Crippen molar-refractivity contribution in [1.29, 1.82) is 0 Å². The SMILES string of the molecule is C[C@@H]1CN(c2ncnc3[nH]ccc23)CC2(CC2)N1C(=O)c1cccc2cc(O)ccc12. The van der Waals surface area contributed by atoms with E-state index in [2.05, 4.69) is 31.7 Å². The Morgan fingerprint density at radius 3 is 2.87 bits per heavy atom. The molecule has 7 nitrogen and oxygen atoms in total. The summed E-state index contributed by atoms with van der Waals surface area (Å²) in [7, 11) is 0. The van der Waals surface area contributed by atoms with Crippen molar-refractivity contribution < 1.29 is 9.90 Å². The van der Waals surface area contributed by atoms with Crippen LogP contribution in [0.15, 0.2) is 55.0 Å².